The monoisotopic (exact) mass is 345 g/mol. The molecule has 0 atom stereocenters. The van der Waals surface area contributed by atoms with E-state index in [2.05, 4.69) is 15.3 Å². The van der Waals surface area contributed by atoms with Crippen LogP contribution in [-0.4, -0.2) is 27.7 Å². The molecule has 0 saturated carbocycles. The van der Waals surface area contributed by atoms with Crippen molar-refractivity contribution >= 4 is 17.7 Å². The van der Waals surface area contributed by atoms with Gasteiger partial charge in [-0.05, 0) is 51.5 Å². The lowest BCUT2D eigenvalue weighted by atomic mass is 10.2. The molecule has 5 nitrogen and oxygen atoms in total. The van der Waals surface area contributed by atoms with Crippen LogP contribution >= 0.6 is 11.8 Å². The van der Waals surface area contributed by atoms with E-state index in [-0.39, 0.29) is 12.0 Å². The second-order valence-electron chi connectivity index (χ2n) is 5.81. The van der Waals surface area contributed by atoms with E-state index in [1.807, 2.05) is 58.0 Å². The van der Waals surface area contributed by atoms with E-state index in [4.69, 9.17) is 4.74 Å². The predicted molar refractivity (Wildman–Crippen MR) is 96.3 cm³/mol. The van der Waals surface area contributed by atoms with Crippen molar-refractivity contribution in [3.8, 4) is 5.75 Å². The Morgan fingerprint density at radius 1 is 1.17 bits per heavy atom. The van der Waals surface area contributed by atoms with Crippen molar-refractivity contribution in [3.05, 3.63) is 47.3 Å². The summed E-state index contributed by atoms with van der Waals surface area (Å²) in [6, 6.07) is 9.66. The number of carbonyl (C=O) groups excluding carboxylic acids is 1. The molecule has 1 aromatic heterocycles. The third kappa shape index (κ3) is 6.20. The second kappa shape index (κ2) is 8.68. The average molecular weight is 345 g/mol. The number of rotatable bonds is 7. The second-order valence-corrected chi connectivity index (χ2v) is 6.75. The topological polar surface area (TPSA) is 64.1 Å². The van der Waals surface area contributed by atoms with Gasteiger partial charge in [0.1, 0.15) is 5.75 Å². The molecule has 2 rings (SSSR count). The van der Waals surface area contributed by atoms with Crippen molar-refractivity contribution < 1.29 is 9.53 Å². The molecule has 1 amide bonds. The van der Waals surface area contributed by atoms with Gasteiger partial charge in [0.05, 0.1) is 11.9 Å². The maximum Gasteiger partial charge on any atom is 0.230 e. The standard InChI is InChI=1S/C18H23N3O2S/c1-12(2)23-16-7-5-15(6-8-16)10-19-17(22)11-24-18-20-13(3)9-14(4)21-18/h5-9,12H,10-11H2,1-4H3,(H,19,22). The van der Waals surface area contributed by atoms with Crippen molar-refractivity contribution in [2.75, 3.05) is 5.75 Å². The molecule has 0 bridgehead atoms. The van der Waals surface area contributed by atoms with Gasteiger partial charge < -0.3 is 10.1 Å². The van der Waals surface area contributed by atoms with E-state index in [1.54, 1.807) is 0 Å². The molecule has 0 fully saturated rings. The lowest BCUT2D eigenvalue weighted by Crippen LogP contribution is -2.24. The number of aromatic nitrogens is 2. The Balaban J connectivity index is 1.78. The predicted octanol–water partition coefficient (Wildman–Crippen LogP) is 3.29. The molecule has 1 aromatic carbocycles. The highest BCUT2D eigenvalue weighted by Gasteiger charge is 2.06. The number of thioether (sulfide) groups is 1. The first-order chi connectivity index (χ1) is 11.4. The number of nitrogens with one attached hydrogen (secondary N) is 1. The quantitative estimate of drug-likeness (QED) is 0.616. The van der Waals surface area contributed by atoms with Crippen LogP contribution in [0.25, 0.3) is 0 Å². The normalized spacial score (nSPS) is 10.7. The van der Waals surface area contributed by atoms with Crippen molar-refractivity contribution in [1.82, 2.24) is 15.3 Å². The van der Waals surface area contributed by atoms with Crippen molar-refractivity contribution in [3.63, 3.8) is 0 Å². The molecule has 0 unspecified atom stereocenters. The molecule has 1 N–H and O–H groups in total. The number of carbonyl (C=O) groups is 1. The molecule has 128 valence electrons. The number of hydrogen-bond donors (Lipinski definition) is 1. The van der Waals surface area contributed by atoms with Gasteiger partial charge in [-0.3, -0.25) is 4.79 Å². The number of hydrogen-bond acceptors (Lipinski definition) is 5. The van der Waals surface area contributed by atoms with Crippen LogP contribution in [0.2, 0.25) is 0 Å². The third-order valence-electron chi connectivity index (χ3n) is 3.08. The van der Waals surface area contributed by atoms with Crippen LogP contribution in [0.15, 0.2) is 35.5 Å². The lowest BCUT2D eigenvalue weighted by molar-refractivity contribution is -0.118. The van der Waals surface area contributed by atoms with E-state index in [9.17, 15) is 4.79 Å². The summed E-state index contributed by atoms with van der Waals surface area (Å²) in [5, 5.41) is 3.54. The van der Waals surface area contributed by atoms with Gasteiger partial charge in [-0.2, -0.15) is 0 Å². The van der Waals surface area contributed by atoms with Crippen molar-refractivity contribution in [2.24, 2.45) is 0 Å². The van der Waals surface area contributed by atoms with E-state index >= 15 is 0 Å². The number of ether oxygens (including phenoxy) is 1. The Labute approximate surface area is 147 Å². The third-order valence-corrected chi connectivity index (χ3v) is 3.93. The van der Waals surface area contributed by atoms with E-state index in [1.165, 1.54) is 11.8 Å². The van der Waals surface area contributed by atoms with Gasteiger partial charge in [-0.1, -0.05) is 23.9 Å². The first-order valence-electron chi connectivity index (χ1n) is 7.90. The Kier molecular flexibility index (Phi) is 6.61. The van der Waals surface area contributed by atoms with E-state index in [0.717, 1.165) is 22.7 Å². The molecule has 24 heavy (non-hydrogen) atoms. The number of benzene rings is 1. The summed E-state index contributed by atoms with van der Waals surface area (Å²) in [7, 11) is 0. The van der Waals surface area contributed by atoms with Gasteiger partial charge in [0, 0.05) is 17.9 Å². The molecular weight excluding hydrogens is 322 g/mol. The summed E-state index contributed by atoms with van der Waals surface area (Å²) in [6.45, 7) is 8.32. The number of nitrogens with zero attached hydrogens (tertiary/aromatic N) is 2. The molecule has 6 heteroatoms. The number of aryl methyl sites for hydroxylation is 2. The molecule has 2 aromatic rings. The fraction of sp³-hybridized carbons (Fsp3) is 0.389. The summed E-state index contributed by atoms with van der Waals surface area (Å²) in [5.74, 6) is 1.10. The fourth-order valence-electron chi connectivity index (χ4n) is 2.10. The van der Waals surface area contributed by atoms with Crippen LogP contribution in [0, 0.1) is 13.8 Å². The molecule has 0 saturated heterocycles. The first-order valence-corrected chi connectivity index (χ1v) is 8.88. The fourth-order valence-corrected chi connectivity index (χ4v) is 2.88. The van der Waals surface area contributed by atoms with Crippen LogP contribution in [0.3, 0.4) is 0 Å². The average Bonchev–Trinajstić information content (AvgIpc) is 2.51. The highest BCUT2D eigenvalue weighted by molar-refractivity contribution is 7.99. The zero-order chi connectivity index (χ0) is 17.5. The summed E-state index contributed by atoms with van der Waals surface area (Å²) in [6.07, 6.45) is 0.153. The maximum atomic E-state index is 12.0. The van der Waals surface area contributed by atoms with Gasteiger partial charge >= 0.3 is 0 Å². The van der Waals surface area contributed by atoms with Crippen LogP contribution in [0.1, 0.15) is 30.8 Å². The summed E-state index contributed by atoms with van der Waals surface area (Å²) in [4.78, 5) is 20.6. The largest absolute Gasteiger partial charge is 0.491 e. The Hall–Kier alpha value is -2.08. The molecule has 0 spiro atoms. The molecular formula is C18H23N3O2S. The SMILES string of the molecule is Cc1cc(C)nc(SCC(=O)NCc2ccc(OC(C)C)cc2)n1. The van der Waals surface area contributed by atoms with Crippen LogP contribution < -0.4 is 10.1 Å². The summed E-state index contributed by atoms with van der Waals surface area (Å²) in [5.41, 5.74) is 2.86. The highest BCUT2D eigenvalue weighted by Crippen LogP contribution is 2.15. The highest BCUT2D eigenvalue weighted by atomic mass is 32.2. The zero-order valence-electron chi connectivity index (χ0n) is 14.5. The van der Waals surface area contributed by atoms with Gasteiger partial charge in [0.25, 0.3) is 0 Å². The summed E-state index contributed by atoms with van der Waals surface area (Å²) >= 11 is 1.35. The van der Waals surface area contributed by atoms with Crippen LogP contribution in [-0.2, 0) is 11.3 Å². The molecule has 1 heterocycles. The number of amides is 1. The minimum atomic E-state index is -0.0368. The van der Waals surface area contributed by atoms with Gasteiger partial charge in [0.2, 0.25) is 5.91 Å². The molecule has 0 aliphatic heterocycles. The van der Waals surface area contributed by atoms with Crippen molar-refractivity contribution in [1.29, 1.82) is 0 Å². The lowest BCUT2D eigenvalue weighted by Gasteiger charge is -2.10. The van der Waals surface area contributed by atoms with Crippen LogP contribution in [0.4, 0.5) is 0 Å². The Morgan fingerprint density at radius 2 is 1.79 bits per heavy atom. The smallest absolute Gasteiger partial charge is 0.230 e. The van der Waals surface area contributed by atoms with Gasteiger partial charge in [-0.25, -0.2) is 9.97 Å². The Bertz CT molecular complexity index is 667. The molecule has 0 radical (unpaired) electrons. The minimum Gasteiger partial charge on any atom is -0.491 e. The maximum absolute atomic E-state index is 12.0. The van der Waals surface area contributed by atoms with Crippen molar-refractivity contribution in [2.45, 2.75) is 45.5 Å². The molecule has 0 aliphatic rings. The summed E-state index contributed by atoms with van der Waals surface area (Å²) < 4.78 is 5.60. The minimum absolute atomic E-state index is 0.0368. The van der Waals surface area contributed by atoms with E-state index < -0.39 is 0 Å². The zero-order valence-corrected chi connectivity index (χ0v) is 15.3. The Morgan fingerprint density at radius 3 is 2.38 bits per heavy atom. The van der Waals surface area contributed by atoms with Gasteiger partial charge in [0.15, 0.2) is 5.16 Å². The molecule has 0 aliphatic carbocycles. The van der Waals surface area contributed by atoms with E-state index in [0.29, 0.717) is 17.5 Å². The van der Waals surface area contributed by atoms with Crippen LogP contribution in [0.5, 0.6) is 5.75 Å². The first kappa shape index (κ1) is 18.3. The van der Waals surface area contributed by atoms with Gasteiger partial charge in [-0.15, -0.1) is 0 Å².